The Bertz CT molecular complexity index is 156. The third-order valence-corrected chi connectivity index (χ3v) is 3.77. The molecule has 1 nitrogen and oxygen atoms in total. The second-order valence-corrected chi connectivity index (χ2v) is 5.42. The largest absolute Gasteiger partial charge is 0.316 e. The highest BCUT2D eigenvalue weighted by Gasteiger charge is 2.36. The second-order valence-electron chi connectivity index (χ2n) is 5.42. The van der Waals surface area contributed by atoms with Crippen LogP contribution in [0.15, 0.2) is 0 Å². The van der Waals surface area contributed by atoms with Gasteiger partial charge in [0.1, 0.15) is 0 Å². The monoisotopic (exact) mass is 167 g/mol. The zero-order valence-corrected chi connectivity index (χ0v) is 8.40. The normalized spacial score (nSPS) is 40.5. The molecule has 0 aromatic heterocycles. The minimum atomic E-state index is 0.646. The molecule has 1 saturated heterocycles. The minimum absolute atomic E-state index is 0.646. The van der Waals surface area contributed by atoms with Crippen LogP contribution in [-0.4, -0.2) is 13.1 Å². The van der Waals surface area contributed by atoms with E-state index in [0.717, 1.165) is 11.8 Å². The SMILES string of the molecule is CC1(C)CCC(C2CCNC2)C1. The van der Waals surface area contributed by atoms with Crippen molar-refractivity contribution < 1.29 is 0 Å². The van der Waals surface area contributed by atoms with Crippen molar-refractivity contribution in [3.05, 3.63) is 0 Å². The molecule has 0 spiro atoms. The summed E-state index contributed by atoms with van der Waals surface area (Å²) in [7, 11) is 0. The standard InChI is InChI=1S/C11H21N/c1-11(2)5-3-9(7-11)10-4-6-12-8-10/h9-10,12H,3-8H2,1-2H3. The van der Waals surface area contributed by atoms with Gasteiger partial charge in [-0.1, -0.05) is 13.8 Å². The first kappa shape index (κ1) is 8.55. The van der Waals surface area contributed by atoms with E-state index in [4.69, 9.17) is 0 Å². The Balaban J connectivity index is 1.90. The third-order valence-electron chi connectivity index (χ3n) is 3.77. The summed E-state index contributed by atoms with van der Waals surface area (Å²) in [6.07, 6.45) is 5.84. The summed E-state index contributed by atoms with van der Waals surface area (Å²) in [5.74, 6) is 2.04. The molecule has 1 saturated carbocycles. The van der Waals surface area contributed by atoms with Crippen molar-refractivity contribution in [1.29, 1.82) is 0 Å². The summed E-state index contributed by atoms with van der Waals surface area (Å²) in [4.78, 5) is 0. The summed E-state index contributed by atoms with van der Waals surface area (Å²) >= 11 is 0. The average molecular weight is 167 g/mol. The van der Waals surface area contributed by atoms with Crippen molar-refractivity contribution in [3.8, 4) is 0 Å². The van der Waals surface area contributed by atoms with Crippen molar-refractivity contribution in [2.45, 2.75) is 39.5 Å². The van der Waals surface area contributed by atoms with E-state index in [2.05, 4.69) is 19.2 Å². The van der Waals surface area contributed by atoms with E-state index in [0.29, 0.717) is 5.41 Å². The number of hydrogen-bond donors (Lipinski definition) is 1. The fourth-order valence-corrected chi connectivity index (χ4v) is 2.97. The Morgan fingerprint density at radius 2 is 2.00 bits per heavy atom. The Morgan fingerprint density at radius 3 is 2.50 bits per heavy atom. The average Bonchev–Trinajstić information content (AvgIpc) is 2.55. The zero-order chi connectivity index (χ0) is 8.60. The van der Waals surface area contributed by atoms with Crippen LogP contribution in [0, 0.1) is 17.3 Å². The summed E-state index contributed by atoms with van der Waals surface area (Å²) in [5, 5.41) is 3.48. The Labute approximate surface area is 75.9 Å². The molecule has 2 fully saturated rings. The van der Waals surface area contributed by atoms with Crippen LogP contribution in [0.5, 0.6) is 0 Å². The first-order valence-corrected chi connectivity index (χ1v) is 5.38. The van der Waals surface area contributed by atoms with Crippen LogP contribution in [0.1, 0.15) is 39.5 Å². The van der Waals surface area contributed by atoms with Gasteiger partial charge in [0.05, 0.1) is 0 Å². The molecule has 0 aromatic rings. The summed E-state index contributed by atoms with van der Waals surface area (Å²) in [6.45, 7) is 7.41. The predicted octanol–water partition coefficient (Wildman–Crippen LogP) is 2.42. The van der Waals surface area contributed by atoms with E-state index < -0.39 is 0 Å². The van der Waals surface area contributed by atoms with Gasteiger partial charge in [0.25, 0.3) is 0 Å². The topological polar surface area (TPSA) is 12.0 Å². The minimum Gasteiger partial charge on any atom is -0.316 e. The van der Waals surface area contributed by atoms with Gasteiger partial charge in [-0.2, -0.15) is 0 Å². The molecule has 2 unspecified atom stereocenters. The number of nitrogens with one attached hydrogen (secondary N) is 1. The maximum Gasteiger partial charge on any atom is -0.00174 e. The molecule has 70 valence electrons. The molecule has 0 aromatic carbocycles. The van der Waals surface area contributed by atoms with Gasteiger partial charge in [0.15, 0.2) is 0 Å². The Kier molecular flexibility index (Phi) is 2.16. The third kappa shape index (κ3) is 1.66. The molecule has 1 aliphatic heterocycles. The van der Waals surface area contributed by atoms with Gasteiger partial charge in [-0.15, -0.1) is 0 Å². The van der Waals surface area contributed by atoms with Crippen LogP contribution in [0.4, 0.5) is 0 Å². The maximum atomic E-state index is 3.48. The Morgan fingerprint density at radius 1 is 1.17 bits per heavy atom. The molecule has 1 heterocycles. The molecule has 1 heteroatoms. The lowest BCUT2D eigenvalue weighted by Crippen LogP contribution is -2.17. The van der Waals surface area contributed by atoms with E-state index in [-0.39, 0.29) is 0 Å². The van der Waals surface area contributed by atoms with Crippen molar-refractivity contribution in [2.75, 3.05) is 13.1 Å². The number of hydrogen-bond acceptors (Lipinski definition) is 1. The molecule has 1 aliphatic carbocycles. The molecule has 0 radical (unpaired) electrons. The molecule has 0 amide bonds. The van der Waals surface area contributed by atoms with Crippen LogP contribution >= 0.6 is 0 Å². The van der Waals surface area contributed by atoms with Crippen molar-refractivity contribution in [1.82, 2.24) is 5.32 Å². The van der Waals surface area contributed by atoms with Crippen molar-refractivity contribution in [3.63, 3.8) is 0 Å². The van der Waals surface area contributed by atoms with Gasteiger partial charge in [0.2, 0.25) is 0 Å². The lowest BCUT2D eigenvalue weighted by molar-refractivity contribution is 0.309. The van der Waals surface area contributed by atoms with Crippen LogP contribution in [-0.2, 0) is 0 Å². The lowest BCUT2D eigenvalue weighted by atomic mass is 9.85. The molecule has 2 atom stereocenters. The van der Waals surface area contributed by atoms with Crippen LogP contribution in [0.2, 0.25) is 0 Å². The molecule has 0 bridgehead atoms. The highest BCUT2D eigenvalue weighted by molar-refractivity contribution is 4.88. The smallest absolute Gasteiger partial charge is 0.00174 e. The first-order chi connectivity index (χ1) is 5.67. The highest BCUT2D eigenvalue weighted by Crippen LogP contribution is 2.45. The maximum absolute atomic E-state index is 3.48. The van der Waals surface area contributed by atoms with E-state index in [1.807, 2.05) is 0 Å². The van der Waals surface area contributed by atoms with Crippen molar-refractivity contribution >= 4 is 0 Å². The van der Waals surface area contributed by atoms with Crippen LogP contribution < -0.4 is 5.32 Å². The highest BCUT2D eigenvalue weighted by atomic mass is 14.9. The van der Waals surface area contributed by atoms with Gasteiger partial charge < -0.3 is 5.32 Å². The molecular weight excluding hydrogens is 146 g/mol. The Hall–Kier alpha value is -0.0400. The van der Waals surface area contributed by atoms with Gasteiger partial charge in [-0.3, -0.25) is 0 Å². The zero-order valence-electron chi connectivity index (χ0n) is 8.40. The van der Waals surface area contributed by atoms with E-state index >= 15 is 0 Å². The quantitative estimate of drug-likeness (QED) is 0.632. The number of rotatable bonds is 1. The second kappa shape index (κ2) is 3.02. The van der Waals surface area contributed by atoms with Crippen LogP contribution in [0.3, 0.4) is 0 Å². The van der Waals surface area contributed by atoms with E-state index in [9.17, 15) is 0 Å². The lowest BCUT2D eigenvalue weighted by Gasteiger charge is -2.20. The first-order valence-electron chi connectivity index (χ1n) is 5.38. The molecule has 1 N–H and O–H groups in total. The molecule has 2 rings (SSSR count). The van der Waals surface area contributed by atoms with E-state index in [1.54, 1.807) is 0 Å². The summed E-state index contributed by atoms with van der Waals surface area (Å²) in [5.41, 5.74) is 0.646. The fraction of sp³-hybridized carbons (Fsp3) is 1.00. The summed E-state index contributed by atoms with van der Waals surface area (Å²) < 4.78 is 0. The van der Waals surface area contributed by atoms with Gasteiger partial charge in [-0.05, 0) is 56.0 Å². The molecule has 2 aliphatic rings. The van der Waals surface area contributed by atoms with Gasteiger partial charge in [-0.25, -0.2) is 0 Å². The van der Waals surface area contributed by atoms with Gasteiger partial charge in [0, 0.05) is 0 Å². The summed E-state index contributed by atoms with van der Waals surface area (Å²) in [6, 6.07) is 0. The van der Waals surface area contributed by atoms with Crippen molar-refractivity contribution in [2.24, 2.45) is 17.3 Å². The predicted molar refractivity (Wildman–Crippen MR) is 52.1 cm³/mol. The van der Waals surface area contributed by atoms with Gasteiger partial charge >= 0.3 is 0 Å². The van der Waals surface area contributed by atoms with Crippen LogP contribution in [0.25, 0.3) is 0 Å². The molecular formula is C11H21N. The molecule has 12 heavy (non-hydrogen) atoms. The fourth-order valence-electron chi connectivity index (χ4n) is 2.97. The van der Waals surface area contributed by atoms with E-state index in [1.165, 1.54) is 38.8 Å².